The Morgan fingerprint density at radius 3 is 2.48 bits per heavy atom. The van der Waals surface area contributed by atoms with Crippen LogP contribution < -0.4 is 0 Å². The Morgan fingerprint density at radius 1 is 1.05 bits per heavy atom. The van der Waals surface area contributed by atoms with E-state index in [1.807, 2.05) is 24.3 Å². The summed E-state index contributed by atoms with van der Waals surface area (Å²) in [4.78, 5) is 15.0. The largest absolute Gasteiger partial charge is 0.299 e. The molecule has 4 heteroatoms. The summed E-state index contributed by atoms with van der Waals surface area (Å²) in [6.45, 7) is 3.04. The van der Waals surface area contributed by atoms with E-state index in [4.69, 9.17) is 23.2 Å². The average molecular weight is 320 g/mol. The molecule has 0 N–H and O–H groups in total. The number of likely N-dealkylation sites (tertiary alicyclic amines) is 1. The number of hydrogen-bond donors (Lipinski definition) is 0. The molecule has 0 bridgehead atoms. The fourth-order valence-electron chi connectivity index (χ4n) is 2.45. The van der Waals surface area contributed by atoms with E-state index in [1.54, 1.807) is 18.2 Å². The fraction of sp³-hybridized carbons (Fsp3) is 0.235. The Labute approximate surface area is 134 Å². The number of nitrogens with zero attached hydrogens (tertiary/aromatic N) is 1. The van der Waals surface area contributed by atoms with Crippen molar-refractivity contribution < 1.29 is 4.79 Å². The minimum Gasteiger partial charge on any atom is -0.299 e. The van der Waals surface area contributed by atoms with Gasteiger partial charge in [0.15, 0.2) is 5.78 Å². The maximum absolute atomic E-state index is 12.7. The summed E-state index contributed by atoms with van der Waals surface area (Å²) < 4.78 is 0. The number of carbonyl (C=O) groups excluding carboxylic acids is 1. The van der Waals surface area contributed by atoms with Crippen molar-refractivity contribution >= 4 is 29.0 Å². The lowest BCUT2D eigenvalue weighted by Gasteiger charge is -2.31. The molecule has 0 aliphatic carbocycles. The highest BCUT2D eigenvalue weighted by molar-refractivity contribution is 6.42. The first-order valence-corrected chi connectivity index (χ1v) is 7.71. The predicted octanol–water partition coefficient (Wildman–Crippen LogP) is 4.43. The monoisotopic (exact) mass is 319 g/mol. The Hall–Kier alpha value is -1.35. The van der Waals surface area contributed by atoms with Crippen molar-refractivity contribution in [2.75, 3.05) is 13.1 Å². The van der Waals surface area contributed by atoms with E-state index >= 15 is 0 Å². The lowest BCUT2D eigenvalue weighted by Crippen LogP contribution is -2.36. The van der Waals surface area contributed by atoms with E-state index in [-0.39, 0.29) is 5.78 Å². The Bertz CT molecular complexity index is 680. The lowest BCUT2D eigenvalue weighted by molar-refractivity contribution is 0.103. The molecule has 0 atom stereocenters. The molecule has 3 rings (SSSR count). The molecule has 0 aromatic heterocycles. The van der Waals surface area contributed by atoms with Crippen LogP contribution in [0.1, 0.15) is 27.9 Å². The molecule has 0 unspecified atom stereocenters. The van der Waals surface area contributed by atoms with Crippen LogP contribution in [0.4, 0.5) is 0 Å². The number of hydrogen-bond acceptors (Lipinski definition) is 2. The molecule has 1 saturated heterocycles. The molecule has 2 nitrogen and oxygen atoms in total. The number of rotatable bonds is 4. The van der Waals surface area contributed by atoms with Crippen LogP contribution in [0.15, 0.2) is 42.5 Å². The summed E-state index contributed by atoms with van der Waals surface area (Å²) >= 11 is 11.9. The predicted molar refractivity (Wildman–Crippen MR) is 86.2 cm³/mol. The molecule has 2 aromatic rings. The van der Waals surface area contributed by atoms with Crippen LogP contribution in [0.5, 0.6) is 0 Å². The number of halogens is 2. The molecule has 1 fully saturated rings. The summed E-state index contributed by atoms with van der Waals surface area (Å²) in [5.41, 5.74) is 2.37. The highest BCUT2D eigenvalue weighted by Gasteiger charge is 2.19. The van der Waals surface area contributed by atoms with Gasteiger partial charge in [-0.05, 0) is 43.3 Å². The third-order valence-electron chi connectivity index (χ3n) is 3.79. The first-order valence-electron chi connectivity index (χ1n) is 6.95. The topological polar surface area (TPSA) is 20.3 Å². The summed E-state index contributed by atoms with van der Waals surface area (Å²) in [5, 5.41) is 0.866. The van der Waals surface area contributed by atoms with Crippen LogP contribution >= 0.6 is 23.2 Å². The quantitative estimate of drug-likeness (QED) is 0.777. The molecule has 1 aliphatic heterocycles. The Balaban J connectivity index is 1.91. The van der Waals surface area contributed by atoms with Gasteiger partial charge in [0.05, 0.1) is 10.0 Å². The lowest BCUT2D eigenvalue weighted by atomic mass is 9.97. The van der Waals surface area contributed by atoms with E-state index in [2.05, 4.69) is 4.90 Å². The zero-order valence-electron chi connectivity index (χ0n) is 11.5. The van der Waals surface area contributed by atoms with Gasteiger partial charge in [0.2, 0.25) is 0 Å². The third kappa shape index (κ3) is 3.13. The van der Waals surface area contributed by atoms with Crippen molar-refractivity contribution in [1.29, 1.82) is 0 Å². The summed E-state index contributed by atoms with van der Waals surface area (Å²) in [6.07, 6.45) is 1.24. The van der Waals surface area contributed by atoms with E-state index in [9.17, 15) is 4.79 Å². The normalized spacial score (nSPS) is 14.8. The first kappa shape index (κ1) is 14.6. The van der Waals surface area contributed by atoms with E-state index < -0.39 is 0 Å². The van der Waals surface area contributed by atoms with Crippen LogP contribution in [0.3, 0.4) is 0 Å². The van der Waals surface area contributed by atoms with Crippen LogP contribution in [0.25, 0.3) is 0 Å². The fourth-order valence-corrected chi connectivity index (χ4v) is 2.75. The van der Waals surface area contributed by atoms with Crippen LogP contribution in [0, 0.1) is 0 Å². The van der Waals surface area contributed by atoms with E-state index in [1.165, 1.54) is 6.42 Å². The van der Waals surface area contributed by atoms with Crippen molar-refractivity contribution in [2.45, 2.75) is 13.0 Å². The summed E-state index contributed by atoms with van der Waals surface area (Å²) in [7, 11) is 0. The minimum atomic E-state index is -0.00955. The maximum atomic E-state index is 12.7. The highest BCUT2D eigenvalue weighted by Crippen LogP contribution is 2.25. The molecule has 0 saturated carbocycles. The maximum Gasteiger partial charge on any atom is 0.193 e. The molecular weight excluding hydrogens is 305 g/mol. The Kier molecular flexibility index (Phi) is 4.29. The third-order valence-corrected chi connectivity index (χ3v) is 4.53. The number of benzene rings is 2. The minimum absolute atomic E-state index is 0.00955. The van der Waals surface area contributed by atoms with Crippen LogP contribution in [-0.2, 0) is 6.54 Å². The van der Waals surface area contributed by atoms with E-state index in [0.29, 0.717) is 15.6 Å². The van der Waals surface area contributed by atoms with E-state index in [0.717, 1.165) is 30.8 Å². The molecule has 1 aliphatic rings. The number of ketones is 1. The van der Waals surface area contributed by atoms with Gasteiger partial charge in [0.25, 0.3) is 0 Å². The van der Waals surface area contributed by atoms with Crippen molar-refractivity contribution in [3.8, 4) is 0 Å². The van der Waals surface area contributed by atoms with Gasteiger partial charge >= 0.3 is 0 Å². The van der Waals surface area contributed by atoms with Crippen molar-refractivity contribution in [1.82, 2.24) is 4.90 Å². The van der Waals surface area contributed by atoms with Crippen molar-refractivity contribution in [3.05, 3.63) is 69.2 Å². The van der Waals surface area contributed by atoms with Gasteiger partial charge in [-0.2, -0.15) is 0 Å². The van der Waals surface area contributed by atoms with Gasteiger partial charge in [-0.3, -0.25) is 9.69 Å². The van der Waals surface area contributed by atoms with Gasteiger partial charge in [0.1, 0.15) is 0 Å². The average Bonchev–Trinajstić information content (AvgIpc) is 2.45. The molecule has 108 valence electrons. The van der Waals surface area contributed by atoms with Crippen LogP contribution in [-0.4, -0.2) is 23.8 Å². The molecular formula is C17H15Cl2NO. The van der Waals surface area contributed by atoms with Gasteiger partial charge in [-0.1, -0.05) is 47.5 Å². The molecule has 1 heterocycles. The first-order chi connectivity index (χ1) is 10.1. The van der Waals surface area contributed by atoms with Gasteiger partial charge in [-0.25, -0.2) is 0 Å². The smallest absolute Gasteiger partial charge is 0.193 e. The zero-order valence-corrected chi connectivity index (χ0v) is 13.0. The standard InChI is InChI=1S/C17H15Cl2NO/c18-15-7-6-12(10-16(15)19)17(21)14-5-2-1-4-13(14)11-20-8-3-9-20/h1-2,4-7,10H,3,8-9,11H2. The Morgan fingerprint density at radius 2 is 1.81 bits per heavy atom. The van der Waals surface area contributed by atoms with Crippen molar-refractivity contribution in [3.63, 3.8) is 0 Å². The SMILES string of the molecule is O=C(c1ccc(Cl)c(Cl)c1)c1ccccc1CN1CCC1. The molecule has 2 aromatic carbocycles. The second-order valence-electron chi connectivity index (χ2n) is 5.24. The molecule has 0 spiro atoms. The summed E-state index contributed by atoms with van der Waals surface area (Å²) in [6, 6.07) is 12.8. The molecule has 21 heavy (non-hydrogen) atoms. The second-order valence-corrected chi connectivity index (χ2v) is 6.06. The van der Waals surface area contributed by atoms with Crippen LogP contribution in [0.2, 0.25) is 10.0 Å². The number of carbonyl (C=O) groups is 1. The zero-order chi connectivity index (χ0) is 14.8. The van der Waals surface area contributed by atoms with Gasteiger partial charge in [0, 0.05) is 17.7 Å². The molecule has 0 radical (unpaired) electrons. The van der Waals surface area contributed by atoms with Gasteiger partial charge in [-0.15, -0.1) is 0 Å². The molecule has 0 amide bonds. The van der Waals surface area contributed by atoms with Crippen molar-refractivity contribution in [2.24, 2.45) is 0 Å². The second kappa shape index (κ2) is 6.18. The summed E-state index contributed by atoms with van der Waals surface area (Å²) in [5.74, 6) is -0.00955. The van der Waals surface area contributed by atoms with Gasteiger partial charge < -0.3 is 0 Å². The highest BCUT2D eigenvalue weighted by atomic mass is 35.5.